The Kier molecular flexibility index (Phi) is 3.46. The van der Waals surface area contributed by atoms with Gasteiger partial charge >= 0.3 is 0 Å². The van der Waals surface area contributed by atoms with Crippen molar-refractivity contribution >= 4 is 5.69 Å². The summed E-state index contributed by atoms with van der Waals surface area (Å²) in [5.74, 6) is 1.09. The Balaban J connectivity index is 1.96. The molecule has 4 heteroatoms. The molecule has 0 unspecified atom stereocenters. The number of aliphatic hydroxyl groups is 1. The maximum atomic E-state index is 10.6. The molecule has 0 bridgehead atoms. The van der Waals surface area contributed by atoms with Gasteiger partial charge in [0.2, 0.25) is 0 Å². The van der Waals surface area contributed by atoms with Crippen LogP contribution in [-0.2, 0) is 0 Å². The molecule has 1 N–H and O–H groups in total. The summed E-state index contributed by atoms with van der Waals surface area (Å²) in [6, 6.07) is 12.8. The van der Waals surface area contributed by atoms with E-state index in [4.69, 9.17) is 13.6 Å². The third-order valence-electron chi connectivity index (χ3n) is 4.52. The van der Waals surface area contributed by atoms with Gasteiger partial charge in [0.1, 0.15) is 11.5 Å². The maximum absolute atomic E-state index is 10.6. The molecule has 1 saturated heterocycles. The fourth-order valence-corrected chi connectivity index (χ4v) is 3.28. The van der Waals surface area contributed by atoms with E-state index in [1.165, 1.54) is 0 Å². The molecule has 2 atom stereocenters. The van der Waals surface area contributed by atoms with Crippen LogP contribution in [0.2, 0.25) is 0 Å². The molecular weight excluding hydrogens is 290 g/mol. The Bertz CT molecular complexity index is 762. The van der Waals surface area contributed by atoms with E-state index in [1.807, 2.05) is 37.3 Å². The molecule has 3 rings (SSSR count). The smallest absolute Gasteiger partial charge is 0.122 e. The van der Waals surface area contributed by atoms with Gasteiger partial charge in [0, 0.05) is 12.2 Å². The average Bonchev–Trinajstić information content (AvgIpc) is 2.97. The number of ether oxygens (including phenoxy) is 2. The van der Waals surface area contributed by atoms with Crippen LogP contribution in [0.5, 0.6) is 11.5 Å². The minimum absolute atomic E-state index is 0.261. The second-order valence-electron chi connectivity index (χ2n) is 5.76. The molecule has 0 amide bonds. The molecule has 1 aliphatic rings. The summed E-state index contributed by atoms with van der Waals surface area (Å²) in [5, 5.41) is 10.6. The number of methoxy groups -OCH3 is 2. The van der Waals surface area contributed by atoms with Crippen LogP contribution in [0.25, 0.3) is 0 Å². The van der Waals surface area contributed by atoms with Crippen molar-refractivity contribution in [3.8, 4) is 11.5 Å². The van der Waals surface area contributed by atoms with Crippen LogP contribution in [-0.4, -0.2) is 31.9 Å². The van der Waals surface area contributed by atoms with Crippen LogP contribution in [0.4, 0.5) is 5.69 Å². The molecule has 0 saturated carbocycles. The number of hydrogen-bond acceptors (Lipinski definition) is 4. The average molecular weight is 316 g/mol. The van der Waals surface area contributed by atoms with Crippen molar-refractivity contribution in [3.05, 3.63) is 53.6 Å². The van der Waals surface area contributed by atoms with E-state index >= 15 is 0 Å². The summed E-state index contributed by atoms with van der Waals surface area (Å²) in [4.78, 5) is 2.13. The summed E-state index contributed by atoms with van der Waals surface area (Å²) < 4.78 is 32.3. The van der Waals surface area contributed by atoms with E-state index in [-0.39, 0.29) is 6.04 Å². The standard InChI is InChI=1S/C19H23NO3/c1-13-16(5-4-6-18(13)23-3)19-17(21)11-12-20(19)14-7-9-15(22-2)10-8-14/h4-10,17,19,21H,11-12H2,1-3H3/t17-,19-/m1/s1/i3D3. The first-order valence-corrected chi connectivity index (χ1v) is 7.67. The molecule has 2 aromatic rings. The molecule has 23 heavy (non-hydrogen) atoms. The van der Waals surface area contributed by atoms with E-state index in [1.54, 1.807) is 19.2 Å². The molecule has 0 aliphatic carbocycles. The molecule has 1 aliphatic heterocycles. The third kappa shape index (κ3) is 2.86. The van der Waals surface area contributed by atoms with Crippen molar-refractivity contribution < 1.29 is 18.7 Å². The molecule has 2 aromatic carbocycles. The molecule has 1 fully saturated rings. The zero-order chi connectivity index (χ0) is 18.9. The molecule has 4 nitrogen and oxygen atoms in total. The number of aliphatic hydroxyl groups excluding tert-OH is 1. The fraction of sp³-hybridized carbons (Fsp3) is 0.368. The first kappa shape index (κ1) is 12.3. The van der Waals surface area contributed by atoms with Crippen molar-refractivity contribution in [1.29, 1.82) is 0 Å². The molecule has 0 radical (unpaired) electrons. The number of hydrogen-bond donors (Lipinski definition) is 1. The van der Waals surface area contributed by atoms with E-state index in [0.29, 0.717) is 18.7 Å². The van der Waals surface area contributed by atoms with Crippen molar-refractivity contribution in [3.63, 3.8) is 0 Å². The van der Waals surface area contributed by atoms with Gasteiger partial charge in [-0.25, -0.2) is 0 Å². The lowest BCUT2D eigenvalue weighted by Gasteiger charge is -2.30. The van der Waals surface area contributed by atoms with Gasteiger partial charge in [0.15, 0.2) is 0 Å². The largest absolute Gasteiger partial charge is 0.497 e. The van der Waals surface area contributed by atoms with Crippen molar-refractivity contribution in [2.24, 2.45) is 0 Å². The van der Waals surface area contributed by atoms with Crippen molar-refractivity contribution in [1.82, 2.24) is 0 Å². The Morgan fingerprint density at radius 1 is 1.17 bits per heavy atom. The van der Waals surface area contributed by atoms with Crippen LogP contribution >= 0.6 is 0 Å². The zero-order valence-corrected chi connectivity index (χ0v) is 13.3. The van der Waals surface area contributed by atoms with Gasteiger partial charge in [-0.05, 0) is 54.8 Å². The molecular formula is C19H23NO3. The second-order valence-corrected chi connectivity index (χ2v) is 5.76. The molecule has 0 aromatic heterocycles. The van der Waals surface area contributed by atoms with Crippen LogP contribution in [0.1, 0.15) is 27.7 Å². The van der Waals surface area contributed by atoms with Crippen molar-refractivity contribution in [2.45, 2.75) is 25.5 Å². The number of anilines is 1. The summed E-state index contributed by atoms with van der Waals surface area (Å²) in [6.07, 6.45) is 0.0966. The Morgan fingerprint density at radius 2 is 1.96 bits per heavy atom. The van der Waals surface area contributed by atoms with Gasteiger partial charge in [0.25, 0.3) is 0 Å². The Labute approximate surface area is 141 Å². The first-order valence-electron chi connectivity index (χ1n) is 9.17. The lowest BCUT2D eigenvalue weighted by Crippen LogP contribution is -2.27. The van der Waals surface area contributed by atoms with E-state index in [9.17, 15) is 5.11 Å². The summed E-state index contributed by atoms with van der Waals surface area (Å²) in [6.45, 7) is 2.54. The SMILES string of the molecule is [2H]C([2H])([2H])Oc1cccc([C@@H]2[C@H](O)CCN2c2ccc(OC)cc2)c1C. The van der Waals surface area contributed by atoms with Gasteiger partial charge in [0.05, 0.1) is 30.4 Å². The fourth-order valence-electron chi connectivity index (χ4n) is 3.28. The van der Waals surface area contributed by atoms with Gasteiger partial charge in [-0.1, -0.05) is 12.1 Å². The third-order valence-corrected chi connectivity index (χ3v) is 4.52. The predicted molar refractivity (Wildman–Crippen MR) is 91.4 cm³/mol. The van der Waals surface area contributed by atoms with Crippen LogP contribution in [0, 0.1) is 6.92 Å². The maximum Gasteiger partial charge on any atom is 0.122 e. The van der Waals surface area contributed by atoms with Crippen molar-refractivity contribution in [2.75, 3.05) is 25.6 Å². The highest BCUT2D eigenvalue weighted by Gasteiger charge is 2.35. The summed E-state index contributed by atoms with van der Waals surface area (Å²) in [7, 11) is -0.884. The van der Waals surface area contributed by atoms with Gasteiger partial charge in [-0.3, -0.25) is 0 Å². The minimum atomic E-state index is -2.51. The first-order chi connectivity index (χ1) is 12.3. The quantitative estimate of drug-likeness (QED) is 0.939. The van der Waals surface area contributed by atoms with E-state index in [2.05, 4.69) is 4.90 Å². The summed E-state index contributed by atoms with van der Waals surface area (Å²) >= 11 is 0. The molecule has 0 spiro atoms. The second kappa shape index (κ2) is 6.50. The number of nitrogens with zero attached hydrogens (tertiary/aromatic N) is 1. The molecule has 122 valence electrons. The lowest BCUT2D eigenvalue weighted by molar-refractivity contribution is 0.164. The Morgan fingerprint density at radius 3 is 2.65 bits per heavy atom. The highest BCUT2D eigenvalue weighted by atomic mass is 16.5. The van der Waals surface area contributed by atoms with E-state index in [0.717, 1.165) is 22.6 Å². The topological polar surface area (TPSA) is 41.9 Å². The highest BCUT2D eigenvalue weighted by molar-refractivity contribution is 5.54. The van der Waals surface area contributed by atoms with Gasteiger partial charge in [-0.2, -0.15) is 0 Å². The monoisotopic (exact) mass is 316 g/mol. The van der Waals surface area contributed by atoms with Gasteiger partial charge in [-0.15, -0.1) is 0 Å². The summed E-state index contributed by atoms with van der Waals surface area (Å²) in [5.41, 5.74) is 2.58. The predicted octanol–water partition coefficient (Wildman–Crippen LogP) is 3.32. The van der Waals surface area contributed by atoms with Crippen LogP contribution < -0.4 is 14.4 Å². The van der Waals surface area contributed by atoms with E-state index < -0.39 is 13.1 Å². The highest BCUT2D eigenvalue weighted by Crippen LogP contribution is 2.39. The van der Waals surface area contributed by atoms with Crippen LogP contribution in [0.15, 0.2) is 42.5 Å². The normalized spacial score (nSPS) is 23.1. The Hall–Kier alpha value is -2.20. The van der Waals surface area contributed by atoms with Gasteiger partial charge < -0.3 is 19.5 Å². The van der Waals surface area contributed by atoms with Crippen LogP contribution in [0.3, 0.4) is 0 Å². The zero-order valence-electron chi connectivity index (χ0n) is 16.3. The number of benzene rings is 2. The number of rotatable bonds is 4. The minimum Gasteiger partial charge on any atom is -0.497 e. The molecule has 1 heterocycles. The lowest BCUT2D eigenvalue weighted by atomic mass is 9.96.